The van der Waals surface area contributed by atoms with Crippen LogP contribution in [0.5, 0.6) is 0 Å². The molecule has 2 N–H and O–H groups in total. The van der Waals surface area contributed by atoms with Gasteiger partial charge in [-0.3, -0.25) is 14.7 Å². The van der Waals surface area contributed by atoms with Gasteiger partial charge in [0.1, 0.15) is 12.1 Å². The minimum absolute atomic E-state index is 0.0600. The summed E-state index contributed by atoms with van der Waals surface area (Å²) in [7, 11) is 0. The molecule has 3 aromatic rings. The molecule has 2 heterocycles. The highest BCUT2D eigenvalue weighted by molar-refractivity contribution is 5.95. The Labute approximate surface area is 160 Å². The molecule has 7 nitrogen and oxygen atoms in total. The third kappa shape index (κ3) is 3.90. The number of likely N-dealkylation sites (tertiary alicyclic amines) is 1. The average molecular weight is 379 g/mol. The Kier molecular flexibility index (Phi) is 4.84. The van der Waals surface area contributed by atoms with E-state index in [1.165, 1.54) is 18.5 Å². The highest BCUT2D eigenvalue weighted by Gasteiger charge is 2.30. The van der Waals surface area contributed by atoms with E-state index in [0.717, 1.165) is 11.1 Å². The molecule has 1 aromatic heterocycles. The van der Waals surface area contributed by atoms with Crippen LogP contribution in [0.2, 0.25) is 0 Å². The van der Waals surface area contributed by atoms with Gasteiger partial charge in [0, 0.05) is 30.6 Å². The van der Waals surface area contributed by atoms with Crippen molar-refractivity contribution in [2.45, 2.75) is 19.0 Å². The van der Waals surface area contributed by atoms with Crippen LogP contribution in [0, 0.1) is 5.82 Å². The maximum absolute atomic E-state index is 13.3. The zero-order chi connectivity index (χ0) is 19.5. The van der Waals surface area contributed by atoms with Gasteiger partial charge in [0.05, 0.1) is 6.04 Å². The number of aromatic amines is 1. The van der Waals surface area contributed by atoms with E-state index in [9.17, 15) is 14.0 Å². The Hall–Kier alpha value is -3.55. The first-order valence-electron chi connectivity index (χ1n) is 8.87. The van der Waals surface area contributed by atoms with Crippen LogP contribution < -0.4 is 5.32 Å². The molecule has 8 heteroatoms. The number of hydrogen-bond donors (Lipinski definition) is 2. The molecule has 1 unspecified atom stereocenters. The summed E-state index contributed by atoms with van der Waals surface area (Å²) in [6.07, 6.45) is 1.65. The summed E-state index contributed by atoms with van der Waals surface area (Å²) in [5.41, 5.74) is 2.05. The van der Waals surface area contributed by atoms with E-state index < -0.39 is 0 Å². The van der Waals surface area contributed by atoms with E-state index in [-0.39, 0.29) is 30.1 Å². The predicted octanol–water partition coefficient (Wildman–Crippen LogP) is 2.14. The minimum Gasteiger partial charge on any atom is -0.347 e. The van der Waals surface area contributed by atoms with Crippen molar-refractivity contribution < 1.29 is 14.0 Å². The molecule has 28 heavy (non-hydrogen) atoms. The van der Waals surface area contributed by atoms with Gasteiger partial charge in [-0.2, -0.15) is 5.10 Å². The van der Waals surface area contributed by atoms with Crippen molar-refractivity contribution in [3.8, 4) is 11.4 Å². The standard InChI is InChI=1S/C20H18FN5O2/c21-16-3-1-2-13(8-16)10-26-11-17(9-18(26)27)24-20(28)15-6-4-14(5-7-15)19-22-12-23-25-19/h1-8,12,17H,9-11H2,(H,24,28)(H,22,23,25). The fourth-order valence-corrected chi connectivity index (χ4v) is 3.27. The van der Waals surface area contributed by atoms with E-state index in [1.54, 1.807) is 41.3 Å². The van der Waals surface area contributed by atoms with Crippen LogP contribution in [0.1, 0.15) is 22.3 Å². The highest BCUT2D eigenvalue weighted by Crippen LogP contribution is 2.18. The molecule has 0 radical (unpaired) electrons. The molecule has 142 valence electrons. The molecule has 2 aromatic carbocycles. The van der Waals surface area contributed by atoms with Gasteiger partial charge < -0.3 is 10.2 Å². The van der Waals surface area contributed by atoms with Crippen LogP contribution in [-0.2, 0) is 11.3 Å². The Morgan fingerprint density at radius 1 is 1.25 bits per heavy atom. The maximum atomic E-state index is 13.3. The van der Waals surface area contributed by atoms with Crippen molar-refractivity contribution in [1.29, 1.82) is 0 Å². The second-order valence-corrected chi connectivity index (χ2v) is 6.69. The average Bonchev–Trinajstić information content (AvgIpc) is 3.32. The van der Waals surface area contributed by atoms with E-state index in [4.69, 9.17) is 0 Å². The summed E-state index contributed by atoms with van der Waals surface area (Å²) in [5.74, 6) is -0.00568. The SMILES string of the molecule is O=C(NC1CC(=O)N(Cc2cccc(F)c2)C1)c1ccc(-c2ncn[nH]2)cc1. The molecular weight excluding hydrogens is 361 g/mol. The number of rotatable bonds is 5. The Morgan fingerprint density at radius 2 is 2.07 bits per heavy atom. The lowest BCUT2D eigenvalue weighted by Gasteiger charge is -2.17. The monoisotopic (exact) mass is 379 g/mol. The largest absolute Gasteiger partial charge is 0.347 e. The van der Waals surface area contributed by atoms with E-state index in [2.05, 4.69) is 20.5 Å². The third-order valence-electron chi connectivity index (χ3n) is 4.65. The molecule has 1 atom stereocenters. The lowest BCUT2D eigenvalue weighted by molar-refractivity contribution is -0.128. The summed E-state index contributed by atoms with van der Waals surface area (Å²) < 4.78 is 13.3. The number of H-pyrrole nitrogens is 1. The van der Waals surface area contributed by atoms with Gasteiger partial charge >= 0.3 is 0 Å². The first-order chi connectivity index (χ1) is 13.6. The predicted molar refractivity (Wildman–Crippen MR) is 99.5 cm³/mol. The fraction of sp³-hybridized carbons (Fsp3) is 0.200. The number of aromatic nitrogens is 3. The lowest BCUT2D eigenvalue weighted by Crippen LogP contribution is -2.37. The van der Waals surface area contributed by atoms with Crippen LogP contribution in [0.15, 0.2) is 54.9 Å². The fourth-order valence-electron chi connectivity index (χ4n) is 3.27. The number of hydrogen-bond acceptors (Lipinski definition) is 4. The van der Waals surface area contributed by atoms with Crippen molar-refractivity contribution in [2.24, 2.45) is 0 Å². The van der Waals surface area contributed by atoms with Crippen molar-refractivity contribution in [3.05, 3.63) is 71.8 Å². The number of nitrogens with zero attached hydrogens (tertiary/aromatic N) is 3. The van der Waals surface area contributed by atoms with E-state index in [1.807, 2.05) is 0 Å². The number of benzene rings is 2. The van der Waals surface area contributed by atoms with Gasteiger partial charge in [-0.25, -0.2) is 9.37 Å². The molecule has 0 spiro atoms. The van der Waals surface area contributed by atoms with Crippen molar-refractivity contribution >= 4 is 11.8 Å². The first kappa shape index (κ1) is 17.8. The Bertz CT molecular complexity index is 988. The second kappa shape index (κ2) is 7.59. The molecule has 4 rings (SSSR count). The number of carbonyl (C=O) groups is 2. The molecule has 0 aliphatic carbocycles. The molecule has 1 saturated heterocycles. The minimum atomic E-state index is -0.331. The zero-order valence-electron chi connectivity index (χ0n) is 14.9. The quantitative estimate of drug-likeness (QED) is 0.711. The zero-order valence-corrected chi connectivity index (χ0v) is 14.9. The molecule has 0 saturated carbocycles. The van der Waals surface area contributed by atoms with Gasteiger partial charge in [0.2, 0.25) is 5.91 Å². The Morgan fingerprint density at radius 3 is 2.79 bits per heavy atom. The van der Waals surface area contributed by atoms with Crippen molar-refractivity contribution in [1.82, 2.24) is 25.4 Å². The number of nitrogens with one attached hydrogen (secondary N) is 2. The van der Waals surface area contributed by atoms with Crippen molar-refractivity contribution in [3.63, 3.8) is 0 Å². The smallest absolute Gasteiger partial charge is 0.251 e. The normalized spacial score (nSPS) is 16.4. The Balaban J connectivity index is 1.36. The summed E-state index contributed by atoms with van der Waals surface area (Å²) in [5, 5.41) is 9.46. The summed E-state index contributed by atoms with van der Waals surface area (Å²) in [6.45, 7) is 0.728. The number of halogens is 1. The van der Waals surface area contributed by atoms with Gasteiger partial charge in [0.25, 0.3) is 5.91 Å². The number of amides is 2. The highest BCUT2D eigenvalue weighted by atomic mass is 19.1. The lowest BCUT2D eigenvalue weighted by atomic mass is 10.1. The van der Waals surface area contributed by atoms with Crippen LogP contribution in [0.3, 0.4) is 0 Å². The van der Waals surface area contributed by atoms with Crippen molar-refractivity contribution in [2.75, 3.05) is 6.54 Å². The second-order valence-electron chi connectivity index (χ2n) is 6.69. The van der Waals surface area contributed by atoms with Crippen LogP contribution in [0.4, 0.5) is 4.39 Å². The maximum Gasteiger partial charge on any atom is 0.251 e. The van der Waals surface area contributed by atoms with Crippen LogP contribution >= 0.6 is 0 Å². The third-order valence-corrected chi connectivity index (χ3v) is 4.65. The number of carbonyl (C=O) groups excluding carboxylic acids is 2. The van der Waals surface area contributed by atoms with E-state index in [0.29, 0.717) is 24.5 Å². The first-order valence-corrected chi connectivity index (χ1v) is 8.87. The van der Waals surface area contributed by atoms with Gasteiger partial charge in [-0.1, -0.05) is 24.3 Å². The van der Waals surface area contributed by atoms with E-state index >= 15 is 0 Å². The molecule has 1 aliphatic heterocycles. The van der Waals surface area contributed by atoms with Gasteiger partial charge in [-0.15, -0.1) is 0 Å². The van der Waals surface area contributed by atoms with Gasteiger partial charge in [0.15, 0.2) is 5.82 Å². The summed E-state index contributed by atoms with van der Waals surface area (Å²) in [6, 6.07) is 12.9. The summed E-state index contributed by atoms with van der Waals surface area (Å²) in [4.78, 5) is 30.4. The summed E-state index contributed by atoms with van der Waals surface area (Å²) >= 11 is 0. The van der Waals surface area contributed by atoms with Crippen LogP contribution in [-0.4, -0.2) is 44.5 Å². The van der Waals surface area contributed by atoms with Crippen LogP contribution in [0.25, 0.3) is 11.4 Å². The van der Waals surface area contributed by atoms with Gasteiger partial charge in [-0.05, 0) is 29.8 Å². The molecular formula is C20H18FN5O2. The molecule has 0 bridgehead atoms. The molecule has 1 fully saturated rings. The topological polar surface area (TPSA) is 91.0 Å². The molecule has 1 aliphatic rings. The molecule has 2 amide bonds.